The number of hydrogen-bond acceptors (Lipinski definition) is 4. The molecular formula is C17H14Cl3NO4. The minimum atomic E-state index is -1.02. The molecule has 0 aliphatic carbocycles. The third-order valence-electron chi connectivity index (χ3n) is 3.04. The van der Waals surface area contributed by atoms with Crippen molar-refractivity contribution in [1.82, 2.24) is 0 Å². The number of ether oxygens (including phenoxy) is 2. The lowest BCUT2D eigenvalue weighted by Gasteiger charge is -2.14. The van der Waals surface area contributed by atoms with Gasteiger partial charge in [-0.1, -0.05) is 34.8 Å². The Balaban J connectivity index is 1.83. The highest BCUT2D eigenvalue weighted by Crippen LogP contribution is 2.25. The van der Waals surface area contributed by atoms with Crippen LogP contribution in [0.4, 0.5) is 5.69 Å². The van der Waals surface area contributed by atoms with Gasteiger partial charge in [0.1, 0.15) is 5.75 Å². The van der Waals surface area contributed by atoms with Gasteiger partial charge in [0.15, 0.2) is 12.7 Å². The van der Waals surface area contributed by atoms with Gasteiger partial charge in [0.05, 0.1) is 10.7 Å². The fourth-order valence-corrected chi connectivity index (χ4v) is 2.36. The van der Waals surface area contributed by atoms with E-state index in [0.29, 0.717) is 21.5 Å². The number of esters is 1. The Morgan fingerprint density at radius 2 is 1.68 bits per heavy atom. The first-order valence-corrected chi connectivity index (χ1v) is 8.32. The maximum Gasteiger partial charge on any atom is 0.344 e. The quantitative estimate of drug-likeness (QED) is 0.717. The summed E-state index contributed by atoms with van der Waals surface area (Å²) in [5.74, 6) is -0.740. The van der Waals surface area contributed by atoms with Crippen molar-refractivity contribution < 1.29 is 19.1 Å². The Kier molecular flexibility index (Phi) is 6.93. The molecular weight excluding hydrogens is 389 g/mol. The maximum atomic E-state index is 12.1. The van der Waals surface area contributed by atoms with Gasteiger partial charge >= 0.3 is 5.97 Å². The zero-order valence-corrected chi connectivity index (χ0v) is 15.4. The average molecular weight is 403 g/mol. The minimum Gasteiger partial charge on any atom is -0.482 e. The van der Waals surface area contributed by atoms with E-state index in [1.165, 1.54) is 13.0 Å². The van der Waals surface area contributed by atoms with E-state index in [1.807, 2.05) is 0 Å². The van der Waals surface area contributed by atoms with Crippen LogP contribution in [-0.4, -0.2) is 24.6 Å². The molecule has 25 heavy (non-hydrogen) atoms. The summed E-state index contributed by atoms with van der Waals surface area (Å²) in [6.45, 7) is 1.11. The van der Waals surface area contributed by atoms with Crippen molar-refractivity contribution in [1.29, 1.82) is 0 Å². The summed E-state index contributed by atoms with van der Waals surface area (Å²) in [7, 11) is 0. The van der Waals surface area contributed by atoms with Gasteiger partial charge in [0.2, 0.25) is 0 Å². The third kappa shape index (κ3) is 6.12. The predicted octanol–water partition coefficient (Wildman–Crippen LogP) is 4.60. The SMILES string of the molecule is CC(OC(=O)COc1ccc(Cl)cc1)C(=O)Nc1ccc(Cl)cc1Cl. The molecule has 1 N–H and O–H groups in total. The number of nitrogens with one attached hydrogen (secondary N) is 1. The van der Waals surface area contributed by atoms with Crippen LogP contribution in [0.1, 0.15) is 6.92 Å². The van der Waals surface area contributed by atoms with Crippen LogP contribution in [0, 0.1) is 0 Å². The van der Waals surface area contributed by atoms with Crippen molar-refractivity contribution in [3.05, 3.63) is 57.5 Å². The Morgan fingerprint density at radius 3 is 2.32 bits per heavy atom. The molecule has 0 fully saturated rings. The lowest BCUT2D eigenvalue weighted by molar-refractivity contribution is -0.155. The number of benzene rings is 2. The van der Waals surface area contributed by atoms with Crippen LogP contribution in [0.2, 0.25) is 15.1 Å². The summed E-state index contributed by atoms with van der Waals surface area (Å²) in [5, 5.41) is 3.85. The van der Waals surface area contributed by atoms with Crippen molar-refractivity contribution in [2.24, 2.45) is 0 Å². The first-order chi connectivity index (χ1) is 11.8. The summed E-state index contributed by atoms with van der Waals surface area (Å²) in [4.78, 5) is 23.8. The smallest absolute Gasteiger partial charge is 0.344 e. The molecule has 2 rings (SSSR count). The number of carbonyl (C=O) groups is 2. The Labute approximate surface area is 159 Å². The lowest BCUT2D eigenvalue weighted by atomic mass is 10.3. The highest BCUT2D eigenvalue weighted by molar-refractivity contribution is 6.36. The number of amides is 1. The number of hydrogen-bond donors (Lipinski definition) is 1. The molecule has 0 heterocycles. The summed E-state index contributed by atoms with van der Waals surface area (Å²) in [6.07, 6.45) is -1.02. The monoisotopic (exact) mass is 401 g/mol. The molecule has 8 heteroatoms. The van der Waals surface area contributed by atoms with Gasteiger partial charge in [-0.05, 0) is 49.4 Å². The van der Waals surface area contributed by atoms with Crippen LogP contribution >= 0.6 is 34.8 Å². The van der Waals surface area contributed by atoms with Crippen LogP contribution in [0.15, 0.2) is 42.5 Å². The zero-order chi connectivity index (χ0) is 18.4. The van der Waals surface area contributed by atoms with Crippen LogP contribution in [0.5, 0.6) is 5.75 Å². The molecule has 0 spiro atoms. The summed E-state index contributed by atoms with van der Waals surface area (Å²) in [6, 6.07) is 11.1. The molecule has 5 nitrogen and oxygen atoms in total. The second-order valence-electron chi connectivity index (χ2n) is 4.99. The van der Waals surface area contributed by atoms with Crippen molar-refractivity contribution >= 4 is 52.4 Å². The van der Waals surface area contributed by atoms with Crippen LogP contribution in [0.3, 0.4) is 0 Å². The fraction of sp³-hybridized carbons (Fsp3) is 0.176. The standard InChI is InChI=1S/C17H14Cl3NO4/c1-10(17(23)21-15-7-4-12(19)8-14(15)20)25-16(22)9-24-13-5-2-11(18)3-6-13/h2-8,10H,9H2,1H3,(H,21,23). The van der Waals surface area contributed by atoms with Crippen LogP contribution in [0.25, 0.3) is 0 Å². The van der Waals surface area contributed by atoms with Gasteiger partial charge in [0, 0.05) is 10.0 Å². The van der Waals surface area contributed by atoms with Crippen LogP contribution < -0.4 is 10.1 Å². The molecule has 1 atom stereocenters. The Hall–Kier alpha value is -1.95. The van der Waals surface area contributed by atoms with Gasteiger partial charge in [-0.15, -0.1) is 0 Å². The lowest BCUT2D eigenvalue weighted by Crippen LogP contribution is -2.31. The largest absolute Gasteiger partial charge is 0.482 e. The van der Waals surface area contributed by atoms with Crippen molar-refractivity contribution in [3.8, 4) is 5.75 Å². The van der Waals surface area contributed by atoms with Crippen molar-refractivity contribution in [2.45, 2.75) is 13.0 Å². The highest BCUT2D eigenvalue weighted by atomic mass is 35.5. The molecule has 1 unspecified atom stereocenters. The second-order valence-corrected chi connectivity index (χ2v) is 6.27. The average Bonchev–Trinajstić information content (AvgIpc) is 2.56. The Bertz CT molecular complexity index is 765. The molecule has 0 radical (unpaired) electrons. The van der Waals surface area contributed by atoms with Gasteiger partial charge in [0.25, 0.3) is 5.91 Å². The van der Waals surface area contributed by atoms with Gasteiger partial charge in [-0.2, -0.15) is 0 Å². The van der Waals surface area contributed by atoms with Crippen molar-refractivity contribution in [3.63, 3.8) is 0 Å². The van der Waals surface area contributed by atoms with Crippen molar-refractivity contribution in [2.75, 3.05) is 11.9 Å². The molecule has 0 aliphatic rings. The number of anilines is 1. The second kappa shape index (κ2) is 8.94. The van der Waals surface area contributed by atoms with E-state index in [-0.39, 0.29) is 11.6 Å². The topological polar surface area (TPSA) is 64.6 Å². The normalized spacial score (nSPS) is 11.5. The van der Waals surface area contributed by atoms with E-state index >= 15 is 0 Å². The summed E-state index contributed by atoms with van der Waals surface area (Å²) >= 11 is 17.5. The molecule has 2 aromatic carbocycles. The molecule has 2 aromatic rings. The molecule has 0 saturated heterocycles. The fourth-order valence-electron chi connectivity index (χ4n) is 1.78. The van der Waals surface area contributed by atoms with E-state index in [0.717, 1.165) is 0 Å². The molecule has 0 bridgehead atoms. The van der Waals surface area contributed by atoms with E-state index in [2.05, 4.69) is 5.32 Å². The van der Waals surface area contributed by atoms with E-state index in [9.17, 15) is 9.59 Å². The molecule has 132 valence electrons. The van der Waals surface area contributed by atoms with E-state index in [4.69, 9.17) is 44.3 Å². The third-order valence-corrected chi connectivity index (χ3v) is 3.84. The molecule has 0 saturated carbocycles. The summed E-state index contributed by atoms with van der Waals surface area (Å²) in [5.41, 5.74) is 0.372. The van der Waals surface area contributed by atoms with Gasteiger partial charge in [-0.3, -0.25) is 4.79 Å². The first kappa shape index (κ1) is 19.4. The molecule has 0 aromatic heterocycles. The molecule has 1 amide bonds. The highest BCUT2D eigenvalue weighted by Gasteiger charge is 2.19. The van der Waals surface area contributed by atoms with Gasteiger partial charge in [-0.25, -0.2) is 4.79 Å². The predicted molar refractivity (Wildman–Crippen MR) is 97.6 cm³/mol. The van der Waals surface area contributed by atoms with E-state index in [1.54, 1.807) is 36.4 Å². The Morgan fingerprint density at radius 1 is 1.04 bits per heavy atom. The summed E-state index contributed by atoms with van der Waals surface area (Å²) < 4.78 is 10.3. The zero-order valence-electron chi connectivity index (χ0n) is 13.1. The number of halogens is 3. The minimum absolute atomic E-state index is 0.283. The number of rotatable bonds is 6. The molecule has 0 aliphatic heterocycles. The van der Waals surface area contributed by atoms with Gasteiger partial charge < -0.3 is 14.8 Å². The van der Waals surface area contributed by atoms with Crippen LogP contribution in [-0.2, 0) is 14.3 Å². The first-order valence-electron chi connectivity index (χ1n) is 7.19. The number of carbonyl (C=O) groups excluding carboxylic acids is 2. The van der Waals surface area contributed by atoms with E-state index < -0.39 is 18.0 Å². The maximum absolute atomic E-state index is 12.1.